The summed E-state index contributed by atoms with van der Waals surface area (Å²) < 4.78 is 5.65. The number of amides is 1. The number of rotatable bonds is 7. The number of ether oxygens (including phenoxy) is 1. The van der Waals surface area contributed by atoms with Crippen molar-refractivity contribution in [3.05, 3.63) is 64.1 Å². The van der Waals surface area contributed by atoms with E-state index in [1.165, 1.54) is 11.3 Å². The van der Waals surface area contributed by atoms with E-state index in [0.29, 0.717) is 31.7 Å². The van der Waals surface area contributed by atoms with Gasteiger partial charge < -0.3 is 4.74 Å². The minimum absolute atomic E-state index is 0.194. The fourth-order valence-electron chi connectivity index (χ4n) is 2.21. The minimum atomic E-state index is -0.194. The van der Waals surface area contributed by atoms with E-state index in [1.807, 2.05) is 24.3 Å². The Morgan fingerprint density at radius 2 is 1.93 bits per heavy atom. The van der Waals surface area contributed by atoms with Crippen molar-refractivity contribution < 1.29 is 9.53 Å². The zero-order valence-electron chi connectivity index (χ0n) is 14.8. The smallest absolute Gasteiger partial charge is 0.258 e. The van der Waals surface area contributed by atoms with Crippen LogP contribution in [0.15, 0.2) is 53.4 Å². The van der Waals surface area contributed by atoms with E-state index >= 15 is 0 Å². The minimum Gasteiger partial charge on any atom is -0.486 e. The summed E-state index contributed by atoms with van der Waals surface area (Å²) in [5.41, 5.74) is 0.630. The Kier molecular flexibility index (Phi) is 6.71. The third-order valence-corrected chi connectivity index (χ3v) is 5.50. The molecular weight excluding hydrogens is 402 g/mol. The van der Waals surface area contributed by atoms with E-state index in [0.717, 1.165) is 4.90 Å². The molecule has 0 aliphatic rings. The number of carbonyl (C=O) groups excluding carboxylic acids is 1. The van der Waals surface area contributed by atoms with Crippen LogP contribution in [0.1, 0.15) is 29.2 Å². The highest BCUT2D eigenvalue weighted by Crippen LogP contribution is 2.27. The first kappa shape index (κ1) is 19.7. The Morgan fingerprint density at radius 1 is 1.19 bits per heavy atom. The monoisotopic (exact) mass is 419 g/mol. The Labute approximate surface area is 171 Å². The lowest BCUT2D eigenvalue weighted by Gasteiger charge is -2.10. The molecule has 3 rings (SSSR count). The van der Waals surface area contributed by atoms with E-state index in [2.05, 4.69) is 29.4 Å². The Balaban J connectivity index is 1.62. The molecule has 0 aliphatic carbocycles. The first-order valence-corrected chi connectivity index (χ1v) is 10.4. The first-order valence-electron chi connectivity index (χ1n) is 8.29. The van der Waals surface area contributed by atoms with Crippen molar-refractivity contribution in [2.24, 2.45) is 0 Å². The summed E-state index contributed by atoms with van der Waals surface area (Å²) in [6, 6.07) is 14.6. The molecule has 0 radical (unpaired) electrons. The second kappa shape index (κ2) is 9.21. The highest BCUT2D eigenvalue weighted by Gasteiger charge is 2.15. The number of benzene rings is 2. The molecule has 2 aromatic carbocycles. The third-order valence-electron chi connectivity index (χ3n) is 3.36. The molecule has 1 heterocycles. The van der Waals surface area contributed by atoms with Gasteiger partial charge in [0.1, 0.15) is 12.4 Å². The third kappa shape index (κ3) is 5.69. The fraction of sp³-hybridized carbons (Fsp3) is 0.211. The van der Waals surface area contributed by atoms with Gasteiger partial charge in [0.15, 0.2) is 5.01 Å². The zero-order chi connectivity index (χ0) is 19.2. The van der Waals surface area contributed by atoms with Gasteiger partial charge in [0, 0.05) is 15.2 Å². The van der Waals surface area contributed by atoms with Crippen molar-refractivity contribution in [1.29, 1.82) is 0 Å². The van der Waals surface area contributed by atoms with Crippen LogP contribution in [0.3, 0.4) is 0 Å². The van der Waals surface area contributed by atoms with Crippen LogP contribution in [0.25, 0.3) is 0 Å². The molecular formula is C19H18ClN3O2S2. The van der Waals surface area contributed by atoms with Gasteiger partial charge in [-0.2, -0.15) is 0 Å². The summed E-state index contributed by atoms with van der Waals surface area (Å²) in [6.07, 6.45) is 0. The summed E-state index contributed by atoms with van der Waals surface area (Å²) in [4.78, 5) is 13.6. The highest BCUT2D eigenvalue weighted by molar-refractivity contribution is 8.00. The standard InChI is InChI=1S/C19H18ClN3O2S2/c1-12(2)26-16-6-4-3-5-15(16)18(24)21-19-23-22-17(27-19)11-25-14-9-7-13(20)8-10-14/h3-10,12H,11H2,1-2H3,(H,21,23,24). The number of hydrogen-bond donors (Lipinski definition) is 1. The molecule has 5 nitrogen and oxygen atoms in total. The molecule has 3 aromatic rings. The number of nitrogens with one attached hydrogen (secondary N) is 1. The van der Waals surface area contributed by atoms with Crippen LogP contribution in [0.2, 0.25) is 5.02 Å². The van der Waals surface area contributed by atoms with E-state index in [-0.39, 0.29) is 12.5 Å². The molecule has 0 aliphatic heterocycles. The quantitative estimate of drug-likeness (QED) is 0.510. The van der Waals surface area contributed by atoms with E-state index in [4.69, 9.17) is 16.3 Å². The van der Waals surface area contributed by atoms with Crippen LogP contribution >= 0.6 is 34.7 Å². The number of carbonyl (C=O) groups is 1. The van der Waals surface area contributed by atoms with Gasteiger partial charge in [-0.15, -0.1) is 22.0 Å². The van der Waals surface area contributed by atoms with Crippen molar-refractivity contribution in [1.82, 2.24) is 10.2 Å². The van der Waals surface area contributed by atoms with Crippen LogP contribution < -0.4 is 10.1 Å². The Hall–Kier alpha value is -2.09. The lowest BCUT2D eigenvalue weighted by molar-refractivity contribution is 0.102. The average Bonchev–Trinajstić information content (AvgIpc) is 3.08. The predicted octanol–water partition coefficient (Wildman–Crippen LogP) is 5.52. The number of halogens is 1. The summed E-state index contributed by atoms with van der Waals surface area (Å²) in [5, 5.41) is 13.1. The molecule has 140 valence electrons. The van der Waals surface area contributed by atoms with Gasteiger partial charge in [-0.1, -0.05) is 48.9 Å². The van der Waals surface area contributed by atoms with Gasteiger partial charge >= 0.3 is 0 Å². The number of nitrogens with zero attached hydrogens (tertiary/aromatic N) is 2. The van der Waals surface area contributed by atoms with Crippen LogP contribution in [0.5, 0.6) is 5.75 Å². The predicted molar refractivity (Wildman–Crippen MR) is 111 cm³/mol. The average molecular weight is 420 g/mol. The number of anilines is 1. The van der Waals surface area contributed by atoms with Gasteiger partial charge in [0.2, 0.25) is 5.13 Å². The number of hydrogen-bond acceptors (Lipinski definition) is 6. The van der Waals surface area contributed by atoms with Gasteiger partial charge in [-0.05, 0) is 36.4 Å². The molecule has 0 fully saturated rings. The van der Waals surface area contributed by atoms with Crippen molar-refractivity contribution >= 4 is 45.7 Å². The van der Waals surface area contributed by atoms with Crippen LogP contribution in [0.4, 0.5) is 5.13 Å². The Morgan fingerprint density at radius 3 is 2.67 bits per heavy atom. The van der Waals surface area contributed by atoms with E-state index in [1.54, 1.807) is 36.0 Å². The largest absolute Gasteiger partial charge is 0.486 e. The molecule has 0 bridgehead atoms. The second-order valence-corrected chi connectivity index (χ2v) is 8.98. The molecule has 8 heteroatoms. The molecule has 0 atom stereocenters. The SMILES string of the molecule is CC(C)Sc1ccccc1C(=O)Nc1nnc(COc2ccc(Cl)cc2)s1. The summed E-state index contributed by atoms with van der Waals surface area (Å²) >= 11 is 8.79. The van der Waals surface area contributed by atoms with Crippen molar-refractivity contribution in [2.75, 3.05) is 5.32 Å². The summed E-state index contributed by atoms with van der Waals surface area (Å²) in [5.74, 6) is 0.500. The van der Waals surface area contributed by atoms with E-state index < -0.39 is 0 Å². The van der Waals surface area contributed by atoms with Gasteiger partial charge in [0.05, 0.1) is 5.56 Å². The first-order chi connectivity index (χ1) is 13.0. The molecule has 0 saturated carbocycles. The van der Waals surface area contributed by atoms with Crippen LogP contribution in [0, 0.1) is 0 Å². The molecule has 27 heavy (non-hydrogen) atoms. The molecule has 1 N–H and O–H groups in total. The summed E-state index contributed by atoms with van der Waals surface area (Å²) in [6.45, 7) is 4.46. The number of thioether (sulfide) groups is 1. The Bertz CT molecular complexity index is 913. The van der Waals surface area contributed by atoms with E-state index in [9.17, 15) is 4.79 Å². The highest BCUT2D eigenvalue weighted by atomic mass is 35.5. The van der Waals surface area contributed by atoms with Crippen LogP contribution in [-0.2, 0) is 6.61 Å². The maximum atomic E-state index is 12.6. The zero-order valence-corrected chi connectivity index (χ0v) is 17.2. The molecule has 1 amide bonds. The normalized spacial score (nSPS) is 10.8. The molecule has 0 saturated heterocycles. The van der Waals surface area contributed by atoms with Gasteiger partial charge in [-0.3, -0.25) is 10.1 Å². The van der Waals surface area contributed by atoms with Crippen molar-refractivity contribution in [3.8, 4) is 5.75 Å². The maximum absolute atomic E-state index is 12.6. The number of aromatic nitrogens is 2. The maximum Gasteiger partial charge on any atom is 0.258 e. The lowest BCUT2D eigenvalue weighted by atomic mass is 10.2. The second-order valence-electron chi connectivity index (χ2n) is 5.86. The lowest BCUT2D eigenvalue weighted by Crippen LogP contribution is -2.13. The molecule has 0 spiro atoms. The molecule has 1 aromatic heterocycles. The fourth-order valence-corrected chi connectivity index (χ4v) is 3.94. The summed E-state index contributed by atoms with van der Waals surface area (Å²) in [7, 11) is 0. The van der Waals surface area contributed by atoms with Gasteiger partial charge in [0.25, 0.3) is 5.91 Å². The van der Waals surface area contributed by atoms with Crippen LogP contribution in [-0.4, -0.2) is 21.4 Å². The van der Waals surface area contributed by atoms with Crippen molar-refractivity contribution in [3.63, 3.8) is 0 Å². The molecule has 0 unspecified atom stereocenters. The van der Waals surface area contributed by atoms with Crippen molar-refractivity contribution in [2.45, 2.75) is 30.6 Å². The van der Waals surface area contributed by atoms with Gasteiger partial charge in [-0.25, -0.2) is 0 Å². The topological polar surface area (TPSA) is 64.1 Å².